The molecular weight excluding hydrogens is 229 g/mol. The first-order valence-corrected chi connectivity index (χ1v) is 7.28. The molecule has 2 heterocycles. The molecule has 0 aromatic carbocycles. The largest absolute Gasteiger partial charge is 0.375 e. The van der Waals surface area contributed by atoms with Crippen LogP contribution < -0.4 is 0 Å². The molecule has 0 aromatic rings. The lowest BCUT2D eigenvalue weighted by Gasteiger charge is -2.28. The van der Waals surface area contributed by atoms with Crippen LogP contribution in [-0.4, -0.2) is 31.1 Å². The zero-order valence-electron chi connectivity index (χ0n) is 7.63. The third-order valence-electron chi connectivity index (χ3n) is 2.76. The second-order valence-corrected chi connectivity index (χ2v) is 5.85. The smallest absolute Gasteiger partial charge is 0.328 e. The molecule has 3 rings (SSSR count). The molecule has 1 saturated carbocycles. The summed E-state index contributed by atoms with van der Waals surface area (Å²) in [6.45, 7) is 1.94. The first-order valence-electron chi connectivity index (χ1n) is 4.59. The first kappa shape index (κ1) is 9.83. The Kier molecular flexibility index (Phi) is 2.52. The van der Waals surface area contributed by atoms with E-state index >= 15 is 0 Å². The van der Waals surface area contributed by atoms with Crippen LogP contribution >= 0.6 is 17.1 Å². The summed E-state index contributed by atoms with van der Waals surface area (Å²) in [5.74, 6) is 0. The summed E-state index contributed by atoms with van der Waals surface area (Å²) in [5, 5.41) is 0. The minimum Gasteiger partial charge on any atom is -0.328 e. The van der Waals surface area contributed by atoms with Crippen molar-refractivity contribution in [3.05, 3.63) is 0 Å². The molecule has 1 aliphatic carbocycles. The van der Waals surface area contributed by atoms with E-state index in [1.165, 1.54) is 0 Å². The normalized spacial score (nSPS) is 57.0. The van der Waals surface area contributed by atoms with E-state index in [4.69, 9.17) is 18.1 Å². The minimum atomic E-state index is -2.15. The van der Waals surface area contributed by atoms with Crippen molar-refractivity contribution in [2.24, 2.45) is 0 Å². The molecule has 4 atom stereocenters. The van der Waals surface area contributed by atoms with Crippen molar-refractivity contribution in [2.75, 3.05) is 6.66 Å². The van der Waals surface area contributed by atoms with Gasteiger partial charge in [0.25, 0.3) is 0 Å². The molecule has 0 amide bonds. The average Bonchev–Trinajstić information content (AvgIpc) is 2.59. The highest BCUT2D eigenvalue weighted by Gasteiger charge is 2.50. The van der Waals surface area contributed by atoms with Crippen molar-refractivity contribution in [2.45, 2.75) is 37.3 Å². The monoisotopic (exact) mass is 240 g/mol. The van der Waals surface area contributed by atoms with E-state index in [-0.39, 0.29) is 24.4 Å². The van der Waals surface area contributed by atoms with E-state index < -0.39 is 17.1 Å². The van der Waals surface area contributed by atoms with Gasteiger partial charge in [0.15, 0.2) is 8.38 Å². The van der Waals surface area contributed by atoms with E-state index in [0.717, 1.165) is 0 Å². The molecule has 0 spiro atoms. The van der Waals surface area contributed by atoms with Crippen molar-refractivity contribution in [1.29, 1.82) is 0 Å². The highest BCUT2D eigenvalue weighted by molar-refractivity contribution is 7.46. The molecule has 3 aliphatic rings. The van der Waals surface area contributed by atoms with Gasteiger partial charge in [-0.15, -0.1) is 0 Å². The first-order chi connectivity index (χ1) is 6.72. The van der Waals surface area contributed by atoms with Gasteiger partial charge in [0.2, 0.25) is 0 Å². The molecule has 4 nitrogen and oxygen atoms in total. The Bertz CT molecular complexity index is 200. The van der Waals surface area contributed by atoms with Crippen molar-refractivity contribution < 1.29 is 22.3 Å². The summed E-state index contributed by atoms with van der Waals surface area (Å²) in [6, 6.07) is 0. The van der Waals surface area contributed by atoms with E-state index in [2.05, 4.69) is 0 Å². The Morgan fingerprint density at radius 1 is 0.929 bits per heavy atom. The lowest BCUT2D eigenvalue weighted by Crippen LogP contribution is -2.41. The van der Waals surface area contributed by atoms with E-state index in [0.29, 0.717) is 12.8 Å². The average molecular weight is 240 g/mol. The summed E-state index contributed by atoms with van der Waals surface area (Å²) in [4.78, 5) is 0. The molecule has 0 bridgehead atoms. The van der Waals surface area contributed by atoms with E-state index in [9.17, 15) is 4.20 Å². The molecular formula is C7H11FO4P2. The number of rotatable bonds is 0. The van der Waals surface area contributed by atoms with Crippen LogP contribution in [0.2, 0.25) is 0 Å². The Hall–Kier alpha value is 0.630. The van der Waals surface area contributed by atoms with Crippen LogP contribution in [0.4, 0.5) is 4.20 Å². The molecule has 2 aliphatic heterocycles. The van der Waals surface area contributed by atoms with Crippen molar-refractivity contribution in [1.82, 2.24) is 0 Å². The number of hydrogen-bond acceptors (Lipinski definition) is 4. The standard InChI is InChI=1S/C7H11FO4P2/c1-13-9-4-2-6-7(3-5(4)10-13)12-14(8)11-6/h4-7H,2-3H2,1H3. The van der Waals surface area contributed by atoms with Gasteiger partial charge in [-0.25, -0.2) is 0 Å². The molecule has 0 aromatic heterocycles. The quantitative estimate of drug-likeness (QED) is 0.609. The van der Waals surface area contributed by atoms with Crippen molar-refractivity contribution in [3.63, 3.8) is 0 Å². The maximum absolute atomic E-state index is 12.8. The zero-order valence-corrected chi connectivity index (χ0v) is 9.42. The maximum Gasteiger partial charge on any atom is 0.375 e. The molecule has 7 heteroatoms. The van der Waals surface area contributed by atoms with Gasteiger partial charge in [-0.05, 0) is 0 Å². The van der Waals surface area contributed by atoms with Gasteiger partial charge in [0.1, 0.15) is 0 Å². The van der Waals surface area contributed by atoms with Crippen molar-refractivity contribution in [3.8, 4) is 0 Å². The fourth-order valence-corrected chi connectivity index (χ4v) is 4.33. The maximum atomic E-state index is 12.8. The Morgan fingerprint density at radius 2 is 1.36 bits per heavy atom. The van der Waals surface area contributed by atoms with Crippen LogP contribution in [0.25, 0.3) is 0 Å². The lowest BCUT2D eigenvalue weighted by atomic mass is 9.90. The van der Waals surface area contributed by atoms with E-state index in [1.54, 1.807) is 0 Å². The number of fused-ring (bicyclic) bond motifs is 2. The molecule has 4 unspecified atom stereocenters. The van der Waals surface area contributed by atoms with Gasteiger partial charge in [-0.3, -0.25) is 0 Å². The lowest BCUT2D eigenvalue weighted by molar-refractivity contribution is 0.00578. The Balaban J connectivity index is 1.71. The predicted molar refractivity (Wildman–Crippen MR) is 49.6 cm³/mol. The van der Waals surface area contributed by atoms with Crippen LogP contribution in [0.15, 0.2) is 0 Å². The van der Waals surface area contributed by atoms with Crippen LogP contribution in [0.5, 0.6) is 0 Å². The predicted octanol–water partition coefficient (Wildman–Crippen LogP) is 2.49. The Labute approximate surface area is 84.0 Å². The molecule has 80 valence electrons. The van der Waals surface area contributed by atoms with Crippen LogP contribution in [0.1, 0.15) is 12.8 Å². The summed E-state index contributed by atoms with van der Waals surface area (Å²) in [7, 11) is -2.90. The van der Waals surface area contributed by atoms with Crippen LogP contribution in [0.3, 0.4) is 0 Å². The second-order valence-electron chi connectivity index (χ2n) is 3.70. The fourth-order valence-electron chi connectivity index (χ4n) is 2.15. The van der Waals surface area contributed by atoms with Crippen molar-refractivity contribution >= 4 is 17.1 Å². The molecule has 0 N–H and O–H groups in total. The number of halogens is 1. The van der Waals surface area contributed by atoms with E-state index in [1.807, 2.05) is 6.66 Å². The molecule has 2 saturated heterocycles. The number of hydrogen-bond donors (Lipinski definition) is 0. The fraction of sp³-hybridized carbons (Fsp3) is 1.00. The highest BCUT2D eigenvalue weighted by Crippen LogP contribution is 2.57. The van der Waals surface area contributed by atoms with Gasteiger partial charge >= 0.3 is 8.69 Å². The van der Waals surface area contributed by atoms with Gasteiger partial charge < -0.3 is 18.1 Å². The summed E-state index contributed by atoms with van der Waals surface area (Å²) in [6.07, 6.45) is 1.31. The third-order valence-corrected chi connectivity index (χ3v) is 4.77. The SMILES string of the molecule is CP1OC2CC3OP(F)OC3CC2O1. The van der Waals surface area contributed by atoms with Gasteiger partial charge in [0.05, 0.1) is 24.4 Å². The minimum absolute atomic E-state index is 0.0810. The second kappa shape index (κ2) is 3.58. The van der Waals surface area contributed by atoms with Crippen LogP contribution in [-0.2, 0) is 18.1 Å². The van der Waals surface area contributed by atoms with Crippen LogP contribution in [0, 0.1) is 0 Å². The summed E-state index contributed by atoms with van der Waals surface area (Å²) in [5.41, 5.74) is 0. The van der Waals surface area contributed by atoms with Gasteiger partial charge in [-0.2, -0.15) is 4.20 Å². The van der Waals surface area contributed by atoms with Gasteiger partial charge in [0, 0.05) is 19.5 Å². The topological polar surface area (TPSA) is 36.9 Å². The van der Waals surface area contributed by atoms with Gasteiger partial charge in [-0.1, -0.05) is 0 Å². The summed E-state index contributed by atoms with van der Waals surface area (Å²) >= 11 is 0. The molecule has 0 radical (unpaired) electrons. The molecule has 3 fully saturated rings. The summed E-state index contributed by atoms with van der Waals surface area (Å²) < 4.78 is 34.1. The third kappa shape index (κ3) is 1.60. The zero-order chi connectivity index (χ0) is 9.71. The molecule has 14 heavy (non-hydrogen) atoms. The Morgan fingerprint density at radius 3 is 1.86 bits per heavy atom. The highest BCUT2D eigenvalue weighted by atomic mass is 31.2.